The minimum Gasteiger partial charge on any atom is -0.495 e. The highest BCUT2D eigenvalue weighted by atomic mass is 19.1. The van der Waals surface area contributed by atoms with Gasteiger partial charge < -0.3 is 14.4 Å². The summed E-state index contributed by atoms with van der Waals surface area (Å²) < 4.78 is 23.6. The molecule has 1 saturated heterocycles. The summed E-state index contributed by atoms with van der Waals surface area (Å²) in [6.45, 7) is 1.33. The van der Waals surface area contributed by atoms with Gasteiger partial charge in [-0.3, -0.25) is 0 Å². The zero-order chi connectivity index (χ0) is 13.2. The van der Waals surface area contributed by atoms with Gasteiger partial charge in [-0.05, 0) is 12.1 Å². The van der Waals surface area contributed by atoms with Gasteiger partial charge in [0.05, 0.1) is 32.1 Å². The fourth-order valence-electron chi connectivity index (χ4n) is 2.04. The average Bonchev–Trinajstić information content (AvgIpc) is 2.33. The van der Waals surface area contributed by atoms with Crippen molar-refractivity contribution in [2.75, 3.05) is 38.8 Å². The number of nitriles is 1. The Hall–Kier alpha value is -1.80. The average molecular weight is 250 g/mol. The Morgan fingerprint density at radius 1 is 1.56 bits per heavy atom. The van der Waals surface area contributed by atoms with E-state index < -0.39 is 5.41 Å². The summed E-state index contributed by atoms with van der Waals surface area (Å²) >= 11 is 0. The first-order valence-corrected chi connectivity index (χ1v) is 5.64. The number of hydrogen-bond donors (Lipinski definition) is 0. The quantitative estimate of drug-likeness (QED) is 0.817. The van der Waals surface area contributed by atoms with Crippen molar-refractivity contribution in [2.24, 2.45) is 5.41 Å². The van der Waals surface area contributed by atoms with E-state index in [0.717, 1.165) is 0 Å². The Morgan fingerprint density at radius 2 is 2.28 bits per heavy atom. The van der Waals surface area contributed by atoms with Crippen molar-refractivity contribution in [3.63, 3.8) is 0 Å². The molecule has 0 saturated carbocycles. The highest BCUT2D eigenvalue weighted by Crippen LogP contribution is 2.33. The molecule has 5 heteroatoms. The zero-order valence-electron chi connectivity index (χ0n) is 10.4. The Labute approximate surface area is 106 Å². The van der Waals surface area contributed by atoms with Crippen molar-refractivity contribution in [1.82, 2.24) is 0 Å². The van der Waals surface area contributed by atoms with Crippen LogP contribution in [0.15, 0.2) is 18.2 Å². The van der Waals surface area contributed by atoms with Gasteiger partial charge in [0.15, 0.2) is 0 Å². The van der Waals surface area contributed by atoms with Gasteiger partial charge in [0.25, 0.3) is 0 Å². The zero-order valence-corrected chi connectivity index (χ0v) is 10.4. The van der Waals surface area contributed by atoms with Crippen LogP contribution in [-0.2, 0) is 4.74 Å². The molecule has 1 aromatic carbocycles. The Morgan fingerprint density at radius 3 is 2.78 bits per heavy atom. The van der Waals surface area contributed by atoms with Crippen LogP contribution >= 0.6 is 0 Å². The van der Waals surface area contributed by atoms with Gasteiger partial charge in [0, 0.05) is 19.7 Å². The standard InChI is InChI=1S/C13H15FN2O2/c1-16(7-13(6-15)8-18-9-13)11-5-10(14)3-4-12(11)17-2/h3-5H,7-9H2,1-2H3. The van der Waals surface area contributed by atoms with Crippen LogP contribution in [0.2, 0.25) is 0 Å². The molecule has 1 aromatic rings. The van der Waals surface area contributed by atoms with Crippen molar-refractivity contribution in [3.05, 3.63) is 24.0 Å². The van der Waals surface area contributed by atoms with Crippen molar-refractivity contribution >= 4 is 5.69 Å². The lowest BCUT2D eigenvalue weighted by molar-refractivity contribution is -0.0716. The summed E-state index contributed by atoms with van der Waals surface area (Å²) in [6, 6.07) is 6.60. The van der Waals surface area contributed by atoms with Gasteiger partial charge in [-0.25, -0.2) is 4.39 Å². The molecule has 0 atom stereocenters. The molecule has 96 valence electrons. The van der Waals surface area contributed by atoms with Crippen molar-refractivity contribution < 1.29 is 13.9 Å². The fraction of sp³-hybridized carbons (Fsp3) is 0.462. The third-order valence-corrected chi connectivity index (χ3v) is 3.09. The summed E-state index contributed by atoms with van der Waals surface area (Å²) in [5, 5.41) is 9.15. The van der Waals surface area contributed by atoms with E-state index in [9.17, 15) is 4.39 Å². The molecule has 0 aromatic heterocycles. The molecule has 0 aliphatic carbocycles. The maximum atomic E-state index is 13.3. The Kier molecular flexibility index (Phi) is 3.39. The van der Waals surface area contributed by atoms with Crippen LogP contribution in [0.1, 0.15) is 0 Å². The lowest BCUT2D eigenvalue weighted by Gasteiger charge is -2.38. The minimum absolute atomic E-state index is 0.325. The van der Waals surface area contributed by atoms with Crippen LogP contribution < -0.4 is 9.64 Å². The van der Waals surface area contributed by atoms with E-state index >= 15 is 0 Å². The monoisotopic (exact) mass is 250 g/mol. The molecule has 1 fully saturated rings. The molecule has 1 aliphatic heterocycles. The molecule has 1 heterocycles. The highest BCUT2D eigenvalue weighted by Gasteiger charge is 2.40. The van der Waals surface area contributed by atoms with Crippen LogP contribution in [0.3, 0.4) is 0 Å². The first-order valence-electron chi connectivity index (χ1n) is 5.64. The van der Waals surface area contributed by atoms with Gasteiger partial charge in [-0.2, -0.15) is 5.26 Å². The van der Waals surface area contributed by atoms with Crippen molar-refractivity contribution in [2.45, 2.75) is 0 Å². The smallest absolute Gasteiger partial charge is 0.142 e. The first kappa shape index (κ1) is 12.7. The van der Waals surface area contributed by atoms with E-state index in [1.807, 2.05) is 11.9 Å². The summed E-state index contributed by atoms with van der Waals surface area (Å²) in [5.74, 6) is 0.265. The second kappa shape index (κ2) is 4.83. The van der Waals surface area contributed by atoms with E-state index in [2.05, 4.69) is 6.07 Å². The minimum atomic E-state index is -0.494. The molecule has 0 spiro atoms. The van der Waals surface area contributed by atoms with Crippen molar-refractivity contribution in [1.29, 1.82) is 5.26 Å². The molecule has 0 radical (unpaired) electrons. The molecule has 0 amide bonds. The lowest BCUT2D eigenvalue weighted by Crippen LogP contribution is -2.49. The summed E-state index contributed by atoms with van der Waals surface area (Å²) in [4.78, 5) is 1.83. The van der Waals surface area contributed by atoms with Gasteiger partial charge in [-0.15, -0.1) is 0 Å². The maximum absolute atomic E-state index is 13.3. The number of ether oxygens (including phenoxy) is 2. The van der Waals surface area contributed by atoms with Crippen LogP contribution in [0, 0.1) is 22.6 Å². The number of rotatable bonds is 4. The topological polar surface area (TPSA) is 45.5 Å². The number of halogens is 1. The molecule has 0 bridgehead atoms. The van der Waals surface area contributed by atoms with Crippen LogP contribution in [0.25, 0.3) is 0 Å². The molecular weight excluding hydrogens is 235 g/mol. The van der Waals surface area contributed by atoms with Gasteiger partial charge in [0.1, 0.15) is 17.0 Å². The van der Waals surface area contributed by atoms with E-state index in [4.69, 9.17) is 14.7 Å². The molecule has 0 N–H and O–H groups in total. The summed E-state index contributed by atoms with van der Waals surface area (Å²) in [7, 11) is 3.35. The molecular formula is C13H15FN2O2. The van der Waals surface area contributed by atoms with Crippen LogP contribution in [-0.4, -0.2) is 33.9 Å². The lowest BCUT2D eigenvalue weighted by atomic mass is 9.87. The number of methoxy groups -OCH3 is 1. The SMILES string of the molecule is COc1ccc(F)cc1N(C)CC1(C#N)COC1. The maximum Gasteiger partial charge on any atom is 0.142 e. The molecule has 4 nitrogen and oxygen atoms in total. The summed E-state index contributed by atoms with van der Waals surface area (Å²) in [6.07, 6.45) is 0. The van der Waals surface area contributed by atoms with Gasteiger partial charge in [-0.1, -0.05) is 0 Å². The normalized spacial score (nSPS) is 16.6. The van der Waals surface area contributed by atoms with Crippen LogP contribution in [0.4, 0.5) is 10.1 Å². The number of anilines is 1. The second-order valence-electron chi connectivity index (χ2n) is 4.56. The predicted octanol–water partition coefficient (Wildman–Crippen LogP) is 1.81. The van der Waals surface area contributed by atoms with E-state index in [0.29, 0.717) is 31.2 Å². The van der Waals surface area contributed by atoms with Crippen LogP contribution in [0.5, 0.6) is 5.75 Å². The third kappa shape index (κ3) is 2.24. The molecule has 0 unspecified atom stereocenters. The predicted molar refractivity (Wildman–Crippen MR) is 65.1 cm³/mol. The molecule has 1 aliphatic rings. The largest absolute Gasteiger partial charge is 0.495 e. The number of hydrogen-bond acceptors (Lipinski definition) is 4. The first-order chi connectivity index (χ1) is 8.60. The number of benzene rings is 1. The van der Waals surface area contributed by atoms with Crippen molar-refractivity contribution in [3.8, 4) is 11.8 Å². The van der Waals surface area contributed by atoms with Gasteiger partial charge >= 0.3 is 0 Å². The number of nitrogens with zero attached hydrogens (tertiary/aromatic N) is 2. The fourth-order valence-corrected chi connectivity index (χ4v) is 2.04. The van der Waals surface area contributed by atoms with E-state index in [1.165, 1.54) is 19.2 Å². The Balaban J connectivity index is 2.20. The Bertz CT molecular complexity index is 480. The van der Waals surface area contributed by atoms with Gasteiger partial charge in [0.2, 0.25) is 0 Å². The highest BCUT2D eigenvalue weighted by molar-refractivity contribution is 5.58. The van der Waals surface area contributed by atoms with E-state index in [1.54, 1.807) is 6.07 Å². The summed E-state index contributed by atoms with van der Waals surface area (Å²) in [5.41, 5.74) is 0.144. The molecule has 18 heavy (non-hydrogen) atoms. The third-order valence-electron chi connectivity index (χ3n) is 3.09. The molecule has 2 rings (SSSR count). The van der Waals surface area contributed by atoms with E-state index in [-0.39, 0.29) is 5.82 Å². The second-order valence-corrected chi connectivity index (χ2v) is 4.56.